The molecule has 1 aromatic rings. The third kappa shape index (κ3) is 3.91. The van der Waals surface area contributed by atoms with E-state index in [2.05, 4.69) is 52.8 Å². The van der Waals surface area contributed by atoms with Gasteiger partial charge in [-0.1, -0.05) is 58.3 Å². The van der Waals surface area contributed by atoms with Gasteiger partial charge in [-0.2, -0.15) is 0 Å². The highest BCUT2D eigenvalue weighted by Gasteiger charge is 2.42. The Kier molecular flexibility index (Phi) is 6.65. The van der Waals surface area contributed by atoms with Crippen molar-refractivity contribution in [2.24, 2.45) is 10.4 Å². The molecule has 1 nitrogen and oxygen atoms in total. The van der Waals surface area contributed by atoms with Crippen LogP contribution in [0.25, 0.3) is 0 Å². The Labute approximate surface area is 155 Å². The Morgan fingerprint density at radius 1 is 1.12 bits per heavy atom. The van der Waals surface area contributed by atoms with Crippen molar-refractivity contribution in [3.63, 3.8) is 0 Å². The van der Waals surface area contributed by atoms with Crippen LogP contribution >= 0.6 is 0 Å². The summed E-state index contributed by atoms with van der Waals surface area (Å²) in [7, 11) is 0. The quantitative estimate of drug-likeness (QED) is 0.394. The summed E-state index contributed by atoms with van der Waals surface area (Å²) in [5.74, 6) is 0.508. The van der Waals surface area contributed by atoms with Gasteiger partial charge in [-0.15, -0.1) is 0 Å². The van der Waals surface area contributed by atoms with Gasteiger partial charge in [-0.3, -0.25) is 4.99 Å². The first-order valence-corrected chi connectivity index (χ1v) is 10.3. The maximum atomic E-state index is 5.06. The number of aryl methyl sites for hydroxylation is 2. The van der Waals surface area contributed by atoms with Crippen molar-refractivity contribution < 1.29 is 0 Å². The van der Waals surface area contributed by atoms with Gasteiger partial charge in [0.2, 0.25) is 0 Å². The lowest BCUT2D eigenvalue weighted by Crippen LogP contribution is -2.37. The number of nitrogens with zero attached hydrogens (tertiary/aromatic N) is 1. The summed E-state index contributed by atoms with van der Waals surface area (Å²) in [6.45, 7) is 15.5. The monoisotopic (exact) mass is 339 g/mol. The SMILES string of the molecule is CC.CCCCCc1cc(C)c2c(c1)N=C(C)C1(C)CCC(C)=CC21. The summed E-state index contributed by atoms with van der Waals surface area (Å²) in [4.78, 5) is 5.06. The molecule has 0 N–H and O–H groups in total. The molecule has 1 heterocycles. The van der Waals surface area contributed by atoms with Crippen molar-refractivity contribution in [2.75, 3.05) is 0 Å². The molecule has 0 aromatic heterocycles. The van der Waals surface area contributed by atoms with Crippen LogP contribution in [0.2, 0.25) is 0 Å². The smallest absolute Gasteiger partial charge is 0.0672 e. The molecule has 2 aliphatic rings. The standard InChI is InChI=1S/C22H31N.C2H6/c1-6-7-8-9-18-13-16(3)21-19-12-15(2)10-11-22(19,5)17(4)23-20(21)14-18;1-2/h12-14,19H,6-11H2,1-5H3;1-2H3. The molecule has 0 amide bonds. The van der Waals surface area contributed by atoms with Gasteiger partial charge in [0.05, 0.1) is 5.69 Å². The van der Waals surface area contributed by atoms with Crippen LogP contribution in [0.4, 0.5) is 5.69 Å². The first kappa shape index (κ1) is 19.9. The predicted molar refractivity (Wildman–Crippen MR) is 112 cm³/mol. The average molecular weight is 340 g/mol. The average Bonchev–Trinajstić information content (AvgIpc) is 2.59. The van der Waals surface area contributed by atoms with Gasteiger partial charge in [0.25, 0.3) is 0 Å². The van der Waals surface area contributed by atoms with E-state index in [1.165, 1.54) is 66.6 Å². The summed E-state index contributed by atoms with van der Waals surface area (Å²) in [6, 6.07) is 4.78. The number of hydrogen-bond donors (Lipinski definition) is 0. The van der Waals surface area contributed by atoms with E-state index < -0.39 is 0 Å². The van der Waals surface area contributed by atoms with Crippen molar-refractivity contribution in [1.82, 2.24) is 0 Å². The fraction of sp³-hybridized carbons (Fsp3) is 0.625. The van der Waals surface area contributed by atoms with Crippen molar-refractivity contribution in [3.8, 4) is 0 Å². The number of fused-ring (bicyclic) bond motifs is 3. The molecule has 0 radical (unpaired) electrons. The van der Waals surface area contributed by atoms with E-state index in [0.29, 0.717) is 5.92 Å². The van der Waals surface area contributed by atoms with Crippen molar-refractivity contribution in [2.45, 2.75) is 92.9 Å². The Bertz CT molecular complexity index is 665. The molecular formula is C24H37N. The summed E-state index contributed by atoms with van der Waals surface area (Å²) in [6.07, 6.45) is 10.0. The zero-order valence-corrected chi connectivity index (χ0v) is 17.5. The fourth-order valence-corrected chi connectivity index (χ4v) is 4.35. The third-order valence-corrected chi connectivity index (χ3v) is 6.10. The molecule has 0 bridgehead atoms. The van der Waals surface area contributed by atoms with Crippen LogP contribution in [0.5, 0.6) is 0 Å². The topological polar surface area (TPSA) is 12.4 Å². The Hall–Kier alpha value is -1.37. The second-order valence-electron chi connectivity index (χ2n) is 7.91. The van der Waals surface area contributed by atoms with Crippen LogP contribution in [0.1, 0.15) is 96.3 Å². The molecule has 138 valence electrons. The van der Waals surface area contributed by atoms with Crippen LogP contribution < -0.4 is 0 Å². The molecule has 0 saturated carbocycles. The normalized spacial score (nSPS) is 24.4. The molecule has 1 aliphatic heterocycles. The second-order valence-corrected chi connectivity index (χ2v) is 7.91. The minimum atomic E-state index is 0.209. The van der Waals surface area contributed by atoms with Gasteiger partial charge in [0.15, 0.2) is 0 Å². The van der Waals surface area contributed by atoms with Crippen LogP contribution in [-0.4, -0.2) is 5.71 Å². The first-order valence-electron chi connectivity index (χ1n) is 10.3. The Morgan fingerprint density at radius 3 is 2.52 bits per heavy atom. The number of rotatable bonds is 4. The first-order chi connectivity index (χ1) is 12.0. The van der Waals surface area contributed by atoms with Crippen LogP contribution in [0.3, 0.4) is 0 Å². The van der Waals surface area contributed by atoms with Crippen LogP contribution in [0.15, 0.2) is 28.8 Å². The van der Waals surface area contributed by atoms with Crippen molar-refractivity contribution in [1.29, 1.82) is 0 Å². The molecule has 0 fully saturated rings. The number of allylic oxidation sites excluding steroid dienone is 2. The molecule has 25 heavy (non-hydrogen) atoms. The molecule has 2 unspecified atom stereocenters. The highest BCUT2D eigenvalue weighted by Crippen LogP contribution is 2.53. The van der Waals surface area contributed by atoms with Gasteiger partial charge in [-0.25, -0.2) is 0 Å². The molecular weight excluding hydrogens is 302 g/mol. The third-order valence-electron chi connectivity index (χ3n) is 6.10. The van der Waals surface area contributed by atoms with Gasteiger partial charge < -0.3 is 0 Å². The zero-order valence-electron chi connectivity index (χ0n) is 17.5. The minimum absolute atomic E-state index is 0.209. The summed E-state index contributed by atoms with van der Waals surface area (Å²) in [5.41, 5.74) is 8.70. The maximum Gasteiger partial charge on any atom is 0.0672 e. The number of benzene rings is 1. The van der Waals surface area contributed by atoms with E-state index in [1.54, 1.807) is 5.57 Å². The lowest BCUT2D eigenvalue weighted by atomic mass is 9.62. The van der Waals surface area contributed by atoms with Gasteiger partial charge in [0, 0.05) is 17.0 Å². The summed E-state index contributed by atoms with van der Waals surface area (Å²) >= 11 is 0. The molecule has 1 heteroatoms. The van der Waals surface area contributed by atoms with E-state index in [0.717, 1.165) is 0 Å². The Morgan fingerprint density at radius 2 is 1.84 bits per heavy atom. The Balaban J connectivity index is 0.00000109. The van der Waals surface area contributed by atoms with Gasteiger partial charge in [-0.05, 0) is 69.2 Å². The lowest BCUT2D eigenvalue weighted by Gasteiger charge is -2.44. The molecule has 1 aliphatic carbocycles. The van der Waals surface area contributed by atoms with Crippen LogP contribution in [-0.2, 0) is 6.42 Å². The number of aliphatic imine (C=N–C) groups is 1. The highest BCUT2D eigenvalue weighted by molar-refractivity contribution is 5.94. The van der Waals surface area contributed by atoms with E-state index in [-0.39, 0.29) is 5.41 Å². The van der Waals surface area contributed by atoms with E-state index in [1.807, 2.05) is 13.8 Å². The van der Waals surface area contributed by atoms with E-state index >= 15 is 0 Å². The maximum absolute atomic E-state index is 5.06. The highest BCUT2D eigenvalue weighted by atomic mass is 14.8. The fourth-order valence-electron chi connectivity index (χ4n) is 4.35. The predicted octanol–water partition coefficient (Wildman–Crippen LogP) is 7.69. The number of hydrogen-bond acceptors (Lipinski definition) is 1. The second kappa shape index (κ2) is 8.34. The summed E-state index contributed by atoms with van der Waals surface area (Å²) in [5, 5.41) is 0. The summed E-state index contributed by atoms with van der Waals surface area (Å²) < 4.78 is 0. The lowest BCUT2D eigenvalue weighted by molar-refractivity contribution is 0.358. The minimum Gasteiger partial charge on any atom is -0.257 e. The molecule has 0 saturated heterocycles. The van der Waals surface area contributed by atoms with Crippen molar-refractivity contribution in [3.05, 3.63) is 40.5 Å². The number of unbranched alkanes of at least 4 members (excludes halogenated alkanes) is 2. The molecule has 0 spiro atoms. The van der Waals surface area contributed by atoms with Gasteiger partial charge >= 0.3 is 0 Å². The van der Waals surface area contributed by atoms with Gasteiger partial charge in [0.1, 0.15) is 0 Å². The zero-order chi connectivity index (χ0) is 18.6. The van der Waals surface area contributed by atoms with E-state index in [9.17, 15) is 0 Å². The molecule has 2 atom stereocenters. The molecule has 1 aromatic carbocycles. The van der Waals surface area contributed by atoms with E-state index in [4.69, 9.17) is 4.99 Å². The largest absolute Gasteiger partial charge is 0.257 e. The molecule has 3 rings (SSSR count). The van der Waals surface area contributed by atoms with Crippen LogP contribution in [0, 0.1) is 12.3 Å². The van der Waals surface area contributed by atoms with Crippen molar-refractivity contribution >= 4 is 11.4 Å².